The standard InChI is InChI=1S/C30H35ClN2O3S/c1-4-23-7-10-25(33-29(34)21(2)3)19-28(23)30(15-17-32-18-16-30)20-22-5-11-26(12-6-22)37(35,36)27-13-8-24(31)9-14-27/h5-14,19,21,32H,4,15-18,20H2,1-3H3,(H,33,34). The normalized spacial score (nSPS) is 15.5. The quantitative estimate of drug-likeness (QED) is 0.358. The number of carbonyl (C=O) groups is 1. The summed E-state index contributed by atoms with van der Waals surface area (Å²) >= 11 is 5.93. The molecule has 0 radical (unpaired) electrons. The van der Waals surface area contributed by atoms with Crippen molar-refractivity contribution in [3.8, 4) is 0 Å². The molecule has 5 nitrogen and oxygen atoms in total. The summed E-state index contributed by atoms with van der Waals surface area (Å²) in [5.74, 6) is -0.0862. The summed E-state index contributed by atoms with van der Waals surface area (Å²) in [5, 5.41) is 7.05. The van der Waals surface area contributed by atoms with E-state index in [2.05, 4.69) is 29.7 Å². The van der Waals surface area contributed by atoms with Gasteiger partial charge in [-0.15, -0.1) is 0 Å². The Morgan fingerprint density at radius 2 is 1.57 bits per heavy atom. The van der Waals surface area contributed by atoms with Crippen LogP contribution >= 0.6 is 11.6 Å². The van der Waals surface area contributed by atoms with Crippen molar-refractivity contribution in [3.63, 3.8) is 0 Å². The van der Waals surface area contributed by atoms with Gasteiger partial charge in [-0.05, 0) is 104 Å². The third-order valence-electron chi connectivity index (χ3n) is 7.31. The molecule has 1 heterocycles. The minimum Gasteiger partial charge on any atom is -0.326 e. The average molecular weight is 539 g/mol. The second-order valence-electron chi connectivity index (χ2n) is 10.2. The van der Waals surface area contributed by atoms with Crippen molar-refractivity contribution >= 4 is 33.0 Å². The molecule has 1 aliphatic rings. The highest BCUT2D eigenvalue weighted by molar-refractivity contribution is 7.91. The number of anilines is 1. The largest absolute Gasteiger partial charge is 0.326 e. The monoisotopic (exact) mass is 538 g/mol. The van der Waals surface area contributed by atoms with Crippen molar-refractivity contribution in [1.29, 1.82) is 0 Å². The molecule has 0 atom stereocenters. The minimum absolute atomic E-state index is 0.00652. The second kappa shape index (κ2) is 11.4. The van der Waals surface area contributed by atoms with E-state index in [0.29, 0.717) is 5.02 Å². The van der Waals surface area contributed by atoms with Crippen LogP contribution in [0.1, 0.15) is 50.3 Å². The van der Waals surface area contributed by atoms with Gasteiger partial charge in [0.25, 0.3) is 0 Å². The number of nitrogens with one attached hydrogen (secondary N) is 2. The number of benzene rings is 3. The second-order valence-corrected chi connectivity index (χ2v) is 12.6. The van der Waals surface area contributed by atoms with Crippen LogP contribution in [0.25, 0.3) is 0 Å². The van der Waals surface area contributed by atoms with Gasteiger partial charge in [0.15, 0.2) is 0 Å². The molecular formula is C30H35ClN2O3S. The van der Waals surface area contributed by atoms with Crippen LogP contribution < -0.4 is 10.6 Å². The fourth-order valence-electron chi connectivity index (χ4n) is 5.12. The summed E-state index contributed by atoms with van der Waals surface area (Å²) in [4.78, 5) is 12.9. The van der Waals surface area contributed by atoms with Crippen LogP contribution in [0, 0.1) is 5.92 Å². The minimum atomic E-state index is -3.62. The molecule has 4 rings (SSSR count). The number of hydrogen-bond acceptors (Lipinski definition) is 4. The molecule has 0 aliphatic carbocycles. The summed E-state index contributed by atoms with van der Waals surface area (Å²) in [6.07, 6.45) is 3.63. The van der Waals surface area contributed by atoms with E-state index in [0.717, 1.165) is 50.0 Å². The Bertz CT molecular complexity index is 1340. The first-order valence-corrected chi connectivity index (χ1v) is 14.8. The highest BCUT2D eigenvalue weighted by atomic mass is 35.5. The summed E-state index contributed by atoms with van der Waals surface area (Å²) in [5.41, 5.74) is 4.37. The SMILES string of the molecule is CCc1ccc(NC(=O)C(C)C)cc1C1(Cc2ccc(S(=O)(=O)c3ccc(Cl)cc3)cc2)CCNCC1. The lowest BCUT2D eigenvalue weighted by atomic mass is 9.67. The van der Waals surface area contributed by atoms with Gasteiger partial charge in [0, 0.05) is 22.0 Å². The lowest BCUT2D eigenvalue weighted by Gasteiger charge is -2.40. The molecule has 1 saturated heterocycles. The molecular weight excluding hydrogens is 504 g/mol. The summed E-state index contributed by atoms with van der Waals surface area (Å²) in [7, 11) is -3.62. The molecule has 0 bridgehead atoms. The molecule has 3 aromatic rings. The maximum absolute atomic E-state index is 13.1. The number of sulfone groups is 1. The fourth-order valence-corrected chi connectivity index (χ4v) is 6.50. The first-order valence-electron chi connectivity index (χ1n) is 12.9. The molecule has 0 aromatic heterocycles. The van der Waals surface area contributed by atoms with E-state index in [-0.39, 0.29) is 27.0 Å². The number of piperidine rings is 1. The lowest BCUT2D eigenvalue weighted by molar-refractivity contribution is -0.118. The molecule has 0 unspecified atom stereocenters. The number of carbonyl (C=O) groups excluding carboxylic acids is 1. The number of rotatable bonds is 8. The number of hydrogen-bond donors (Lipinski definition) is 2. The first kappa shape index (κ1) is 27.4. The topological polar surface area (TPSA) is 75.3 Å². The molecule has 1 amide bonds. The van der Waals surface area contributed by atoms with Crippen molar-refractivity contribution in [2.45, 2.75) is 61.7 Å². The van der Waals surface area contributed by atoms with Crippen molar-refractivity contribution in [1.82, 2.24) is 5.32 Å². The van der Waals surface area contributed by atoms with Crippen LogP contribution in [-0.4, -0.2) is 27.4 Å². The van der Waals surface area contributed by atoms with Crippen LogP contribution in [0.5, 0.6) is 0 Å². The van der Waals surface area contributed by atoms with Gasteiger partial charge >= 0.3 is 0 Å². The Labute approximate surface area is 225 Å². The zero-order valence-electron chi connectivity index (χ0n) is 21.7. The molecule has 2 N–H and O–H groups in total. The van der Waals surface area contributed by atoms with Crippen LogP contribution in [0.15, 0.2) is 76.5 Å². The molecule has 7 heteroatoms. The van der Waals surface area contributed by atoms with Crippen molar-refractivity contribution in [3.05, 3.63) is 88.4 Å². The van der Waals surface area contributed by atoms with Gasteiger partial charge in [0.05, 0.1) is 9.79 Å². The molecule has 1 aliphatic heterocycles. The maximum Gasteiger partial charge on any atom is 0.226 e. The Hall–Kier alpha value is -2.67. The van der Waals surface area contributed by atoms with Gasteiger partial charge in [-0.2, -0.15) is 0 Å². The summed E-state index contributed by atoms with van der Waals surface area (Å²) in [6.45, 7) is 7.77. The van der Waals surface area contributed by atoms with Crippen LogP contribution in [0.2, 0.25) is 5.02 Å². The highest BCUT2D eigenvalue weighted by Crippen LogP contribution is 2.40. The van der Waals surface area contributed by atoms with E-state index in [9.17, 15) is 13.2 Å². The number of aryl methyl sites for hydroxylation is 1. The maximum atomic E-state index is 13.1. The molecule has 0 spiro atoms. The predicted octanol–water partition coefficient (Wildman–Crippen LogP) is 6.19. The van der Waals surface area contributed by atoms with Crippen molar-refractivity contribution < 1.29 is 13.2 Å². The summed E-state index contributed by atoms with van der Waals surface area (Å²) < 4.78 is 26.2. The zero-order chi connectivity index (χ0) is 26.6. The van der Waals surface area contributed by atoms with Crippen LogP contribution in [0.4, 0.5) is 5.69 Å². The zero-order valence-corrected chi connectivity index (χ0v) is 23.3. The van der Waals surface area contributed by atoms with Crippen molar-refractivity contribution in [2.75, 3.05) is 18.4 Å². The van der Waals surface area contributed by atoms with Crippen LogP contribution in [0.3, 0.4) is 0 Å². The van der Waals surface area contributed by atoms with E-state index in [4.69, 9.17) is 11.6 Å². The smallest absolute Gasteiger partial charge is 0.226 e. The molecule has 196 valence electrons. The predicted molar refractivity (Wildman–Crippen MR) is 150 cm³/mol. The third kappa shape index (κ3) is 6.08. The Morgan fingerprint density at radius 1 is 0.973 bits per heavy atom. The van der Waals surface area contributed by atoms with E-state index < -0.39 is 9.84 Å². The van der Waals surface area contributed by atoms with Gasteiger partial charge < -0.3 is 10.6 Å². The van der Waals surface area contributed by atoms with Gasteiger partial charge in [0.1, 0.15) is 0 Å². The number of amides is 1. The third-order valence-corrected chi connectivity index (χ3v) is 9.35. The Balaban J connectivity index is 1.66. The van der Waals surface area contributed by atoms with Gasteiger partial charge in [-0.25, -0.2) is 8.42 Å². The molecule has 3 aromatic carbocycles. The summed E-state index contributed by atoms with van der Waals surface area (Å²) in [6, 6.07) is 19.8. The van der Waals surface area contributed by atoms with Crippen molar-refractivity contribution in [2.24, 2.45) is 5.92 Å². The lowest BCUT2D eigenvalue weighted by Crippen LogP contribution is -2.42. The average Bonchev–Trinajstić information content (AvgIpc) is 2.89. The van der Waals surface area contributed by atoms with E-state index in [1.165, 1.54) is 23.3 Å². The van der Waals surface area contributed by atoms with Crippen LogP contribution in [-0.2, 0) is 32.9 Å². The first-order chi connectivity index (χ1) is 17.6. The Kier molecular flexibility index (Phi) is 8.42. The van der Waals surface area contributed by atoms with Gasteiger partial charge in [-0.3, -0.25) is 4.79 Å². The molecule has 1 fully saturated rings. The Morgan fingerprint density at radius 3 is 2.14 bits per heavy atom. The highest BCUT2D eigenvalue weighted by Gasteiger charge is 2.36. The van der Waals surface area contributed by atoms with E-state index >= 15 is 0 Å². The fraction of sp³-hybridized carbons (Fsp3) is 0.367. The number of halogens is 1. The molecule has 37 heavy (non-hydrogen) atoms. The van der Waals surface area contributed by atoms with E-state index in [1.54, 1.807) is 24.3 Å². The van der Waals surface area contributed by atoms with Gasteiger partial charge in [-0.1, -0.05) is 50.6 Å². The molecule has 0 saturated carbocycles. The van der Waals surface area contributed by atoms with E-state index in [1.807, 2.05) is 32.0 Å². The van der Waals surface area contributed by atoms with Gasteiger partial charge in [0.2, 0.25) is 15.7 Å².